The predicted molar refractivity (Wildman–Crippen MR) is 124 cm³/mol. The van der Waals surface area contributed by atoms with Gasteiger partial charge >= 0.3 is 5.97 Å². The quantitative estimate of drug-likeness (QED) is 0.601. The zero-order valence-corrected chi connectivity index (χ0v) is 18.7. The third-order valence-electron chi connectivity index (χ3n) is 6.47. The minimum absolute atomic E-state index is 0.0201. The van der Waals surface area contributed by atoms with Gasteiger partial charge in [-0.05, 0) is 60.9 Å². The van der Waals surface area contributed by atoms with Gasteiger partial charge in [-0.3, -0.25) is 4.79 Å². The van der Waals surface area contributed by atoms with Crippen LogP contribution in [-0.4, -0.2) is 37.2 Å². The normalized spacial score (nSPS) is 17.0. The second-order valence-electron chi connectivity index (χ2n) is 8.92. The molecule has 0 spiro atoms. The summed E-state index contributed by atoms with van der Waals surface area (Å²) in [4.78, 5) is 26.8. The van der Waals surface area contributed by atoms with Gasteiger partial charge in [-0.1, -0.05) is 37.1 Å². The van der Waals surface area contributed by atoms with Crippen molar-refractivity contribution < 1.29 is 19.4 Å². The highest BCUT2D eigenvalue weighted by Gasteiger charge is 2.29. The van der Waals surface area contributed by atoms with E-state index in [2.05, 4.69) is 34.5 Å². The smallest absolute Gasteiger partial charge is 0.339 e. The van der Waals surface area contributed by atoms with Gasteiger partial charge < -0.3 is 20.1 Å². The van der Waals surface area contributed by atoms with Crippen LogP contribution >= 0.6 is 0 Å². The molecule has 6 heteroatoms. The molecule has 1 unspecified atom stereocenters. The third kappa shape index (κ3) is 5.42. The molecule has 1 amide bonds. The number of hydrogen-bond acceptors (Lipinski definition) is 4. The van der Waals surface area contributed by atoms with Gasteiger partial charge in [0.1, 0.15) is 11.3 Å². The second kappa shape index (κ2) is 10.1. The van der Waals surface area contributed by atoms with Crippen LogP contribution in [-0.2, 0) is 11.2 Å². The van der Waals surface area contributed by atoms with Crippen LogP contribution in [0.5, 0.6) is 5.75 Å². The Morgan fingerprint density at radius 2 is 1.88 bits per heavy atom. The molecule has 1 aliphatic heterocycles. The summed E-state index contributed by atoms with van der Waals surface area (Å²) in [5, 5.41) is 12.6. The number of carbonyl (C=O) groups is 2. The molecule has 1 saturated carbocycles. The average Bonchev–Trinajstić information content (AvgIpc) is 3.63. The number of rotatable bonds is 9. The molecular weight excluding hydrogens is 404 g/mol. The Hall–Kier alpha value is -3.02. The first-order chi connectivity index (χ1) is 15.5. The van der Waals surface area contributed by atoms with Gasteiger partial charge in [0.15, 0.2) is 0 Å². The van der Waals surface area contributed by atoms with Crippen LogP contribution < -0.4 is 15.0 Å². The topological polar surface area (TPSA) is 78.9 Å². The van der Waals surface area contributed by atoms with Crippen LogP contribution in [0.4, 0.5) is 5.69 Å². The van der Waals surface area contributed by atoms with Gasteiger partial charge in [-0.15, -0.1) is 0 Å². The first-order valence-electron chi connectivity index (χ1n) is 11.6. The van der Waals surface area contributed by atoms with E-state index in [4.69, 9.17) is 4.74 Å². The minimum Gasteiger partial charge on any atom is -0.496 e. The van der Waals surface area contributed by atoms with Crippen molar-refractivity contribution in [2.45, 2.75) is 51.0 Å². The highest BCUT2D eigenvalue weighted by atomic mass is 16.5. The Labute approximate surface area is 189 Å². The van der Waals surface area contributed by atoms with Crippen LogP contribution in [0.1, 0.15) is 66.1 Å². The SMILES string of the molecule is COc1cc(CC(=O)NC(CC2CC2)c2ccccc2N2CCCCC2)ccc1C(=O)O. The molecule has 1 aliphatic carbocycles. The summed E-state index contributed by atoms with van der Waals surface area (Å²) in [6.45, 7) is 2.13. The first-order valence-corrected chi connectivity index (χ1v) is 11.6. The molecule has 0 radical (unpaired) electrons. The van der Waals surface area contributed by atoms with Gasteiger partial charge in [0.2, 0.25) is 5.91 Å². The number of piperidine rings is 1. The van der Waals surface area contributed by atoms with Crippen LogP contribution in [0, 0.1) is 5.92 Å². The van der Waals surface area contributed by atoms with Crippen molar-refractivity contribution in [3.05, 3.63) is 59.2 Å². The molecule has 0 aromatic heterocycles. The Kier molecular flexibility index (Phi) is 6.98. The van der Waals surface area contributed by atoms with Crippen LogP contribution in [0.15, 0.2) is 42.5 Å². The lowest BCUT2D eigenvalue weighted by Crippen LogP contribution is -2.34. The molecule has 4 rings (SSSR count). The predicted octanol–water partition coefficient (Wildman–Crippen LogP) is 4.58. The number of anilines is 1. The van der Waals surface area contributed by atoms with Crippen LogP contribution in [0.25, 0.3) is 0 Å². The van der Waals surface area contributed by atoms with Crippen LogP contribution in [0.2, 0.25) is 0 Å². The van der Waals surface area contributed by atoms with E-state index < -0.39 is 5.97 Å². The molecule has 1 heterocycles. The summed E-state index contributed by atoms with van der Waals surface area (Å²) < 4.78 is 5.21. The number of benzene rings is 2. The van der Waals surface area contributed by atoms with Crippen LogP contribution in [0.3, 0.4) is 0 Å². The molecule has 6 nitrogen and oxygen atoms in total. The number of nitrogens with zero attached hydrogens (tertiary/aromatic N) is 1. The number of ether oxygens (including phenoxy) is 1. The van der Waals surface area contributed by atoms with Crippen molar-refractivity contribution in [3.8, 4) is 5.75 Å². The number of carbonyl (C=O) groups excluding carboxylic acids is 1. The van der Waals surface area contributed by atoms with Crippen molar-refractivity contribution in [2.24, 2.45) is 5.92 Å². The number of methoxy groups -OCH3 is 1. The number of para-hydroxylation sites is 1. The van der Waals surface area contributed by atoms with Crippen molar-refractivity contribution in [1.82, 2.24) is 5.32 Å². The van der Waals surface area contributed by atoms with Crippen molar-refractivity contribution in [2.75, 3.05) is 25.1 Å². The fourth-order valence-electron chi connectivity index (χ4n) is 4.61. The van der Waals surface area contributed by atoms with Gasteiger partial charge in [-0.25, -0.2) is 4.79 Å². The van der Waals surface area contributed by atoms with Crippen molar-refractivity contribution >= 4 is 17.6 Å². The standard InChI is InChI=1S/C26H32N2O4/c1-32-24-16-19(11-12-21(24)26(30)31)17-25(29)27-22(15-18-9-10-18)20-7-3-4-8-23(20)28-13-5-2-6-14-28/h3-4,7-8,11-12,16,18,22H,2,5-6,9-10,13-15,17H2,1H3,(H,27,29)(H,30,31). The fourth-order valence-corrected chi connectivity index (χ4v) is 4.61. The van der Waals surface area contributed by atoms with E-state index in [-0.39, 0.29) is 29.7 Å². The zero-order chi connectivity index (χ0) is 22.5. The zero-order valence-electron chi connectivity index (χ0n) is 18.7. The molecule has 1 saturated heterocycles. The highest BCUT2D eigenvalue weighted by Crippen LogP contribution is 2.40. The summed E-state index contributed by atoms with van der Waals surface area (Å²) in [6.07, 6.45) is 7.30. The molecular formula is C26H32N2O4. The van der Waals surface area contributed by atoms with E-state index in [9.17, 15) is 14.7 Å². The fraction of sp³-hybridized carbons (Fsp3) is 0.462. The lowest BCUT2D eigenvalue weighted by atomic mass is 9.97. The molecule has 32 heavy (non-hydrogen) atoms. The van der Waals surface area contributed by atoms with Gasteiger partial charge in [0.05, 0.1) is 19.6 Å². The Morgan fingerprint density at radius 1 is 1.12 bits per heavy atom. The Bertz CT molecular complexity index is 964. The highest BCUT2D eigenvalue weighted by molar-refractivity contribution is 5.91. The van der Waals surface area contributed by atoms with Crippen molar-refractivity contribution in [3.63, 3.8) is 0 Å². The lowest BCUT2D eigenvalue weighted by Gasteiger charge is -2.33. The molecule has 2 aliphatic rings. The summed E-state index contributed by atoms with van der Waals surface area (Å²) >= 11 is 0. The number of amides is 1. The molecule has 2 N–H and O–H groups in total. The van der Waals surface area contributed by atoms with E-state index in [1.54, 1.807) is 12.1 Å². The maximum Gasteiger partial charge on any atom is 0.339 e. The van der Waals surface area contributed by atoms with Gasteiger partial charge in [-0.2, -0.15) is 0 Å². The van der Waals surface area contributed by atoms with Gasteiger partial charge in [0.25, 0.3) is 0 Å². The first kappa shape index (κ1) is 22.2. The van der Waals surface area contributed by atoms with Gasteiger partial charge in [0, 0.05) is 18.8 Å². The third-order valence-corrected chi connectivity index (χ3v) is 6.47. The van der Waals surface area contributed by atoms with E-state index >= 15 is 0 Å². The summed E-state index contributed by atoms with van der Waals surface area (Å²) in [5.41, 5.74) is 3.27. The maximum absolute atomic E-state index is 13.0. The van der Waals surface area contributed by atoms with E-state index in [1.165, 1.54) is 56.5 Å². The number of carboxylic acids is 1. The molecule has 2 aromatic rings. The Morgan fingerprint density at radius 3 is 2.56 bits per heavy atom. The lowest BCUT2D eigenvalue weighted by molar-refractivity contribution is -0.121. The maximum atomic E-state index is 13.0. The molecule has 2 fully saturated rings. The second-order valence-corrected chi connectivity index (χ2v) is 8.92. The number of aromatic carboxylic acids is 1. The number of carboxylic acid groups (broad SMARTS) is 1. The average molecular weight is 437 g/mol. The molecule has 2 aromatic carbocycles. The Balaban J connectivity index is 1.51. The molecule has 1 atom stereocenters. The largest absolute Gasteiger partial charge is 0.496 e. The minimum atomic E-state index is -1.04. The summed E-state index contributed by atoms with van der Waals surface area (Å²) in [7, 11) is 1.44. The summed E-state index contributed by atoms with van der Waals surface area (Å²) in [5.74, 6) is -0.164. The molecule has 0 bridgehead atoms. The molecule has 170 valence electrons. The van der Waals surface area contributed by atoms with E-state index in [1.807, 2.05) is 0 Å². The summed E-state index contributed by atoms with van der Waals surface area (Å²) in [6, 6.07) is 13.3. The van der Waals surface area contributed by atoms with E-state index in [0.717, 1.165) is 25.1 Å². The monoisotopic (exact) mass is 436 g/mol. The number of hydrogen-bond donors (Lipinski definition) is 2. The van der Waals surface area contributed by atoms with Crippen molar-refractivity contribution in [1.29, 1.82) is 0 Å². The van der Waals surface area contributed by atoms with E-state index in [0.29, 0.717) is 5.92 Å². The number of nitrogens with one attached hydrogen (secondary N) is 1.